The van der Waals surface area contributed by atoms with E-state index in [1.165, 1.54) is 0 Å². The highest BCUT2D eigenvalue weighted by atomic mass is 16.7. The molecule has 3 N–H and O–H groups in total. The molecular weight excluding hydrogens is 182 g/mol. The number of nitrogens with two attached hydrogens (primary N) is 1. The van der Waals surface area contributed by atoms with E-state index >= 15 is 0 Å². The van der Waals surface area contributed by atoms with E-state index in [1.807, 2.05) is 12.6 Å². The monoisotopic (exact) mass is 203 g/mol. The first kappa shape index (κ1) is 13.4. The average molecular weight is 203 g/mol. The molecule has 0 aliphatic rings. The van der Waals surface area contributed by atoms with Crippen molar-refractivity contribution < 1.29 is 9.63 Å². The number of hydrogen-bond donors (Lipinski definition) is 2. The van der Waals surface area contributed by atoms with E-state index in [2.05, 4.69) is 23.6 Å². The molecule has 84 valence electrons. The molecule has 0 atom stereocenters. The summed E-state index contributed by atoms with van der Waals surface area (Å²) in [5.41, 5.74) is 1.88. The molecule has 0 bridgehead atoms. The molecule has 0 aromatic heterocycles. The van der Waals surface area contributed by atoms with E-state index in [4.69, 9.17) is 5.84 Å². The van der Waals surface area contributed by atoms with Gasteiger partial charge in [-0.25, -0.2) is 5.84 Å². The highest BCUT2D eigenvalue weighted by Crippen LogP contribution is 2.06. The Morgan fingerprint density at radius 1 is 1.50 bits per heavy atom. The molecule has 0 heterocycles. The van der Waals surface area contributed by atoms with Crippen LogP contribution in [-0.4, -0.2) is 30.5 Å². The summed E-state index contributed by atoms with van der Waals surface area (Å²) in [6.07, 6.45) is 2.55. The molecule has 0 saturated carbocycles. The lowest BCUT2D eigenvalue weighted by atomic mass is 10.1. The molecule has 5 heteroatoms. The molecule has 0 unspecified atom stereocenters. The average Bonchev–Trinajstić information content (AvgIpc) is 2.17. The van der Waals surface area contributed by atoms with E-state index in [-0.39, 0.29) is 5.97 Å². The van der Waals surface area contributed by atoms with E-state index < -0.39 is 0 Å². The highest BCUT2D eigenvalue weighted by molar-refractivity contribution is 5.69. The van der Waals surface area contributed by atoms with Crippen LogP contribution in [0.1, 0.15) is 33.1 Å². The van der Waals surface area contributed by atoms with Gasteiger partial charge in [-0.1, -0.05) is 19.4 Å². The Hall–Kier alpha value is -0.650. The van der Waals surface area contributed by atoms with E-state index in [0.717, 1.165) is 12.8 Å². The molecule has 0 aliphatic heterocycles. The van der Waals surface area contributed by atoms with Gasteiger partial charge in [-0.3, -0.25) is 4.79 Å². The summed E-state index contributed by atoms with van der Waals surface area (Å²) in [7, 11) is 2.01. The van der Waals surface area contributed by atoms with Gasteiger partial charge in [-0.15, -0.1) is 0 Å². The second-order valence-electron chi connectivity index (χ2n) is 3.29. The molecule has 5 nitrogen and oxygen atoms in total. The van der Waals surface area contributed by atoms with Crippen LogP contribution in [0.3, 0.4) is 0 Å². The third kappa shape index (κ3) is 5.16. The summed E-state index contributed by atoms with van der Waals surface area (Å²) in [5.74, 6) is 4.51. The van der Waals surface area contributed by atoms with Crippen LogP contribution in [0, 0.1) is 0 Å². The molecule has 0 fully saturated rings. The predicted octanol–water partition coefficient (Wildman–Crippen LogP) is 0.418. The van der Waals surface area contributed by atoms with Crippen molar-refractivity contribution in [3.05, 3.63) is 0 Å². The molecule has 0 aromatic carbocycles. The van der Waals surface area contributed by atoms with Crippen LogP contribution in [0.2, 0.25) is 0 Å². The van der Waals surface area contributed by atoms with Gasteiger partial charge < -0.3 is 9.74 Å². The molecule has 0 aromatic rings. The summed E-state index contributed by atoms with van der Waals surface area (Å²) in [6.45, 7) is 4.99. The molecular formula is C9H21N3O2. The van der Waals surface area contributed by atoms with Gasteiger partial charge in [0.1, 0.15) is 0 Å². The fourth-order valence-electron chi connectivity index (χ4n) is 1.48. The number of carbonyl (C=O) groups excluding carboxylic acids is 1. The lowest BCUT2D eigenvalue weighted by Crippen LogP contribution is -2.34. The van der Waals surface area contributed by atoms with Gasteiger partial charge >= 0.3 is 5.97 Å². The Morgan fingerprint density at radius 2 is 2.07 bits per heavy atom. The van der Waals surface area contributed by atoms with Crippen LogP contribution < -0.4 is 11.4 Å². The Kier molecular flexibility index (Phi) is 7.37. The first-order valence-electron chi connectivity index (χ1n) is 5.01. The number of rotatable bonds is 7. The first-order chi connectivity index (χ1) is 6.65. The Bertz CT molecular complexity index is 160. The number of hydrazine groups is 1. The summed E-state index contributed by atoms with van der Waals surface area (Å²) < 4.78 is 0. The van der Waals surface area contributed by atoms with Gasteiger partial charge in [0.15, 0.2) is 0 Å². The summed E-state index contributed by atoms with van der Waals surface area (Å²) in [5, 5.41) is 0. The molecule has 0 spiro atoms. The van der Waals surface area contributed by atoms with Crippen molar-refractivity contribution in [3.63, 3.8) is 0 Å². The predicted molar refractivity (Wildman–Crippen MR) is 55.0 cm³/mol. The fraction of sp³-hybridized carbons (Fsp3) is 0.889. The smallest absolute Gasteiger partial charge is 0.327 e. The SMILES string of the molecule is CCC(CC)N(C)CCC(=O)ONN. The second kappa shape index (κ2) is 7.73. The molecule has 0 rings (SSSR count). The van der Waals surface area contributed by atoms with Gasteiger partial charge in [-0.2, -0.15) is 0 Å². The van der Waals surface area contributed by atoms with Crippen molar-refractivity contribution in [1.82, 2.24) is 10.5 Å². The molecule has 0 saturated heterocycles. The maximum Gasteiger partial charge on any atom is 0.327 e. The first-order valence-corrected chi connectivity index (χ1v) is 5.01. The van der Waals surface area contributed by atoms with Gasteiger partial charge in [0.05, 0.1) is 6.42 Å². The maximum absolute atomic E-state index is 11.0. The highest BCUT2D eigenvalue weighted by Gasteiger charge is 2.12. The molecule has 14 heavy (non-hydrogen) atoms. The summed E-state index contributed by atoms with van der Waals surface area (Å²) >= 11 is 0. The number of nitrogens with zero attached hydrogens (tertiary/aromatic N) is 1. The second-order valence-corrected chi connectivity index (χ2v) is 3.29. The Morgan fingerprint density at radius 3 is 2.50 bits per heavy atom. The van der Waals surface area contributed by atoms with Crippen LogP contribution in [0.4, 0.5) is 0 Å². The lowest BCUT2D eigenvalue weighted by molar-refractivity contribution is -0.151. The Balaban J connectivity index is 3.71. The number of hydrogen-bond acceptors (Lipinski definition) is 5. The van der Waals surface area contributed by atoms with Crippen LogP contribution in [0.5, 0.6) is 0 Å². The van der Waals surface area contributed by atoms with Crippen molar-refractivity contribution in [1.29, 1.82) is 0 Å². The normalized spacial score (nSPS) is 11.0. The topological polar surface area (TPSA) is 67.6 Å². The van der Waals surface area contributed by atoms with Crippen molar-refractivity contribution in [3.8, 4) is 0 Å². The van der Waals surface area contributed by atoms with Gasteiger partial charge in [-0.05, 0) is 19.9 Å². The van der Waals surface area contributed by atoms with E-state index in [1.54, 1.807) is 0 Å². The van der Waals surface area contributed by atoms with Crippen LogP contribution in [-0.2, 0) is 9.63 Å². The maximum atomic E-state index is 11.0. The minimum absolute atomic E-state index is 0.328. The molecule has 0 aliphatic carbocycles. The van der Waals surface area contributed by atoms with Crippen LogP contribution in [0.15, 0.2) is 0 Å². The number of carbonyl (C=O) groups is 1. The quantitative estimate of drug-likeness (QED) is 0.463. The largest absolute Gasteiger partial charge is 0.356 e. The Labute approximate surface area is 85.5 Å². The van der Waals surface area contributed by atoms with Crippen LogP contribution in [0.25, 0.3) is 0 Å². The summed E-state index contributed by atoms with van der Waals surface area (Å²) in [6, 6.07) is 0.536. The summed E-state index contributed by atoms with van der Waals surface area (Å²) in [4.78, 5) is 17.5. The zero-order valence-electron chi connectivity index (χ0n) is 9.25. The third-order valence-electron chi connectivity index (χ3n) is 2.41. The van der Waals surface area contributed by atoms with Gasteiger partial charge in [0, 0.05) is 12.6 Å². The van der Waals surface area contributed by atoms with Crippen LogP contribution >= 0.6 is 0 Å². The zero-order valence-corrected chi connectivity index (χ0v) is 9.25. The third-order valence-corrected chi connectivity index (χ3v) is 2.41. The molecule has 0 amide bonds. The van der Waals surface area contributed by atoms with Crippen molar-refractivity contribution >= 4 is 5.97 Å². The van der Waals surface area contributed by atoms with Crippen molar-refractivity contribution in [2.24, 2.45) is 5.84 Å². The minimum Gasteiger partial charge on any atom is -0.356 e. The van der Waals surface area contributed by atoms with Crippen molar-refractivity contribution in [2.75, 3.05) is 13.6 Å². The standard InChI is InChI=1S/C9H21N3O2/c1-4-8(5-2)12(3)7-6-9(13)14-11-10/h8,11H,4-7,10H2,1-3H3. The van der Waals surface area contributed by atoms with E-state index in [9.17, 15) is 4.79 Å². The molecule has 0 radical (unpaired) electrons. The van der Waals surface area contributed by atoms with Gasteiger partial charge in [0.25, 0.3) is 0 Å². The van der Waals surface area contributed by atoms with Crippen molar-refractivity contribution in [2.45, 2.75) is 39.2 Å². The zero-order chi connectivity index (χ0) is 11.0. The van der Waals surface area contributed by atoms with Gasteiger partial charge in [0.2, 0.25) is 0 Å². The minimum atomic E-state index is -0.328. The lowest BCUT2D eigenvalue weighted by Gasteiger charge is -2.25. The number of nitrogens with one attached hydrogen (secondary N) is 1. The fourth-order valence-corrected chi connectivity index (χ4v) is 1.48. The van der Waals surface area contributed by atoms with E-state index in [0.29, 0.717) is 19.0 Å².